The Morgan fingerprint density at radius 1 is 1.58 bits per heavy atom. The number of rotatable bonds is 5. The second-order valence-corrected chi connectivity index (χ2v) is 5.21. The molecule has 0 spiro atoms. The van der Waals surface area contributed by atoms with Crippen LogP contribution in [0.25, 0.3) is 0 Å². The van der Waals surface area contributed by atoms with E-state index in [1.807, 2.05) is 13.8 Å². The number of amides is 1. The molecule has 0 aliphatic rings. The Morgan fingerprint density at radius 2 is 2.26 bits per heavy atom. The summed E-state index contributed by atoms with van der Waals surface area (Å²) in [5, 5.41) is 14.4. The van der Waals surface area contributed by atoms with E-state index in [0.29, 0.717) is 15.7 Å². The molecule has 0 aromatic heterocycles. The van der Waals surface area contributed by atoms with Crippen LogP contribution in [0.2, 0.25) is 0 Å². The molecule has 1 rings (SSSR count). The van der Waals surface area contributed by atoms with Crippen LogP contribution in [-0.4, -0.2) is 17.0 Å². The standard InChI is InChI=1S/C13H18BrN3O2/c1-3-4-8(2)13(18)16-11-6-5-9(7-10(11)14)12(15)17-19/h5-8,19H,3-4H2,1-2H3,(H2,15,17)(H,16,18). The molecule has 4 N–H and O–H groups in total. The van der Waals surface area contributed by atoms with E-state index in [1.54, 1.807) is 18.2 Å². The van der Waals surface area contributed by atoms with Crippen LogP contribution in [0.1, 0.15) is 32.3 Å². The third-order valence-electron chi connectivity index (χ3n) is 2.80. The van der Waals surface area contributed by atoms with E-state index < -0.39 is 0 Å². The topological polar surface area (TPSA) is 87.7 Å². The van der Waals surface area contributed by atoms with Crippen molar-refractivity contribution in [2.24, 2.45) is 16.8 Å². The number of nitrogens with two attached hydrogens (primary N) is 1. The summed E-state index contributed by atoms with van der Waals surface area (Å²) < 4.78 is 0.689. The zero-order valence-electron chi connectivity index (χ0n) is 11.0. The van der Waals surface area contributed by atoms with E-state index in [0.717, 1.165) is 12.8 Å². The van der Waals surface area contributed by atoms with Gasteiger partial charge in [0, 0.05) is 16.0 Å². The molecule has 0 heterocycles. The lowest BCUT2D eigenvalue weighted by Crippen LogP contribution is -2.20. The van der Waals surface area contributed by atoms with Gasteiger partial charge in [0.05, 0.1) is 5.69 Å². The number of nitrogens with one attached hydrogen (secondary N) is 1. The van der Waals surface area contributed by atoms with Crippen molar-refractivity contribution in [2.45, 2.75) is 26.7 Å². The monoisotopic (exact) mass is 327 g/mol. The Bertz CT molecular complexity index is 489. The van der Waals surface area contributed by atoms with Crippen LogP contribution in [0.15, 0.2) is 27.8 Å². The third kappa shape index (κ3) is 4.24. The highest BCUT2D eigenvalue weighted by molar-refractivity contribution is 9.10. The number of halogens is 1. The number of oxime groups is 1. The van der Waals surface area contributed by atoms with E-state index in [1.165, 1.54) is 0 Å². The SMILES string of the molecule is CCCC(C)C(=O)Nc1ccc(/C(N)=N/O)cc1Br. The first-order valence-electron chi connectivity index (χ1n) is 6.07. The molecular weight excluding hydrogens is 310 g/mol. The Balaban J connectivity index is 2.83. The number of benzene rings is 1. The number of amidine groups is 1. The van der Waals surface area contributed by atoms with E-state index in [9.17, 15) is 4.79 Å². The Labute approximate surface area is 121 Å². The molecule has 1 unspecified atom stereocenters. The normalized spacial score (nSPS) is 13.1. The molecule has 0 aliphatic carbocycles. The molecule has 19 heavy (non-hydrogen) atoms. The molecule has 1 aromatic carbocycles. The largest absolute Gasteiger partial charge is 0.409 e. The number of carbonyl (C=O) groups excluding carboxylic acids is 1. The van der Waals surface area contributed by atoms with Crippen molar-refractivity contribution in [1.82, 2.24) is 0 Å². The number of hydrogen-bond acceptors (Lipinski definition) is 3. The Hall–Kier alpha value is -1.56. The molecule has 6 heteroatoms. The number of hydrogen-bond donors (Lipinski definition) is 3. The lowest BCUT2D eigenvalue weighted by molar-refractivity contribution is -0.119. The minimum absolute atomic E-state index is 0.0147. The van der Waals surface area contributed by atoms with Crippen molar-refractivity contribution < 1.29 is 10.0 Å². The quantitative estimate of drug-likeness (QED) is 0.336. The van der Waals surface area contributed by atoms with E-state index >= 15 is 0 Å². The maximum Gasteiger partial charge on any atom is 0.227 e. The second-order valence-electron chi connectivity index (χ2n) is 4.36. The van der Waals surface area contributed by atoms with Crippen LogP contribution >= 0.6 is 15.9 Å². The fraction of sp³-hybridized carbons (Fsp3) is 0.385. The molecule has 0 fully saturated rings. The van der Waals surface area contributed by atoms with Crippen LogP contribution in [-0.2, 0) is 4.79 Å². The van der Waals surface area contributed by atoms with Gasteiger partial charge in [-0.15, -0.1) is 0 Å². The third-order valence-corrected chi connectivity index (χ3v) is 3.46. The van der Waals surface area contributed by atoms with E-state index in [4.69, 9.17) is 10.9 Å². The molecule has 1 aromatic rings. The van der Waals surface area contributed by atoms with Crippen molar-refractivity contribution >= 4 is 33.4 Å². The molecular formula is C13H18BrN3O2. The van der Waals surface area contributed by atoms with E-state index in [2.05, 4.69) is 26.4 Å². The highest BCUT2D eigenvalue weighted by Gasteiger charge is 2.13. The summed E-state index contributed by atoms with van der Waals surface area (Å²) in [5.74, 6) is -0.0160. The maximum atomic E-state index is 11.9. The van der Waals surface area contributed by atoms with Crippen molar-refractivity contribution in [1.29, 1.82) is 0 Å². The summed E-state index contributed by atoms with van der Waals surface area (Å²) in [4.78, 5) is 11.9. The summed E-state index contributed by atoms with van der Waals surface area (Å²) in [7, 11) is 0. The Kier molecular flexibility index (Phi) is 5.82. The fourth-order valence-corrected chi connectivity index (χ4v) is 2.13. The van der Waals surface area contributed by atoms with Crippen LogP contribution in [0.4, 0.5) is 5.69 Å². The zero-order valence-corrected chi connectivity index (χ0v) is 12.6. The average molecular weight is 328 g/mol. The lowest BCUT2D eigenvalue weighted by atomic mass is 10.1. The molecule has 5 nitrogen and oxygen atoms in total. The van der Waals surface area contributed by atoms with Crippen LogP contribution in [0, 0.1) is 5.92 Å². The van der Waals surface area contributed by atoms with Crippen LogP contribution in [0.5, 0.6) is 0 Å². The minimum Gasteiger partial charge on any atom is -0.409 e. The first-order valence-corrected chi connectivity index (χ1v) is 6.87. The fourth-order valence-electron chi connectivity index (χ4n) is 1.65. The molecule has 0 radical (unpaired) electrons. The highest BCUT2D eigenvalue weighted by Crippen LogP contribution is 2.24. The van der Waals surface area contributed by atoms with Gasteiger partial charge in [-0.2, -0.15) is 0 Å². The average Bonchev–Trinajstić information content (AvgIpc) is 2.40. The minimum atomic E-state index is -0.0272. The van der Waals surface area contributed by atoms with Crippen LogP contribution in [0.3, 0.4) is 0 Å². The summed E-state index contributed by atoms with van der Waals surface area (Å²) in [6.07, 6.45) is 1.82. The van der Waals surface area contributed by atoms with Gasteiger partial charge in [0.1, 0.15) is 0 Å². The number of carbonyl (C=O) groups is 1. The van der Waals surface area contributed by atoms with Gasteiger partial charge in [-0.25, -0.2) is 0 Å². The van der Waals surface area contributed by atoms with Gasteiger partial charge in [0.2, 0.25) is 5.91 Å². The molecule has 0 saturated heterocycles. The van der Waals surface area contributed by atoms with Crippen molar-refractivity contribution in [2.75, 3.05) is 5.32 Å². The zero-order chi connectivity index (χ0) is 14.4. The first-order chi connectivity index (χ1) is 8.99. The number of nitrogens with zero attached hydrogens (tertiary/aromatic N) is 1. The highest BCUT2D eigenvalue weighted by atomic mass is 79.9. The second kappa shape index (κ2) is 7.13. The van der Waals surface area contributed by atoms with Gasteiger partial charge in [-0.3, -0.25) is 4.79 Å². The first kappa shape index (κ1) is 15.5. The number of anilines is 1. The van der Waals surface area contributed by atoms with Crippen molar-refractivity contribution in [3.63, 3.8) is 0 Å². The molecule has 1 amide bonds. The molecule has 0 aliphatic heterocycles. The smallest absolute Gasteiger partial charge is 0.227 e. The van der Waals surface area contributed by atoms with Crippen LogP contribution < -0.4 is 11.1 Å². The van der Waals surface area contributed by atoms with Gasteiger partial charge in [0.25, 0.3) is 0 Å². The molecule has 104 valence electrons. The Morgan fingerprint density at radius 3 is 2.79 bits per heavy atom. The van der Waals surface area contributed by atoms with Gasteiger partial charge in [-0.05, 0) is 40.5 Å². The van der Waals surface area contributed by atoms with Gasteiger partial charge in [0.15, 0.2) is 5.84 Å². The summed E-state index contributed by atoms with van der Waals surface area (Å²) in [6.45, 7) is 3.95. The van der Waals surface area contributed by atoms with Gasteiger partial charge < -0.3 is 16.3 Å². The summed E-state index contributed by atoms with van der Waals surface area (Å²) >= 11 is 3.35. The van der Waals surface area contributed by atoms with Crippen molar-refractivity contribution in [3.8, 4) is 0 Å². The summed E-state index contributed by atoms with van der Waals surface area (Å²) in [5.41, 5.74) is 6.74. The molecule has 0 bridgehead atoms. The predicted octanol–water partition coefficient (Wildman–Crippen LogP) is 2.92. The summed E-state index contributed by atoms with van der Waals surface area (Å²) in [6, 6.07) is 5.09. The predicted molar refractivity (Wildman–Crippen MR) is 79.4 cm³/mol. The van der Waals surface area contributed by atoms with E-state index in [-0.39, 0.29) is 17.7 Å². The van der Waals surface area contributed by atoms with Gasteiger partial charge in [-0.1, -0.05) is 25.4 Å². The molecule has 0 saturated carbocycles. The lowest BCUT2D eigenvalue weighted by Gasteiger charge is -2.13. The molecule has 1 atom stereocenters. The van der Waals surface area contributed by atoms with Crippen molar-refractivity contribution in [3.05, 3.63) is 28.2 Å². The maximum absolute atomic E-state index is 11.9. The van der Waals surface area contributed by atoms with Gasteiger partial charge >= 0.3 is 0 Å².